The Morgan fingerprint density at radius 2 is 1.41 bits per heavy atom. The van der Waals surface area contributed by atoms with E-state index < -0.39 is 35.1 Å². The fraction of sp³-hybridized carbons (Fsp3) is 0.324. The first-order valence-corrected chi connectivity index (χ1v) is 15.7. The van der Waals surface area contributed by atoms with E-state index in [9.17, 15) is 19.5 Å². The second-order valence-corrected chi connectivity index (χ2v) is 12.5. The number of ether oxygens (including phenoxy) is 2. The van der Waals surface area contributed by atoms with Crippen molar-refractivity contribution < 1.29 is 29.0 Å². The zero-order valence-corrected chi connectivity index (χ0v) is 25.9. The van der Waals surface area contributed by atoms with Crippen LogP contribution in [0.2, 0.25) is 0 Å². The standard InChI is InChI=1S/C37H37N3O6/c1-36-19-9-21-38(26-13-7-4-8-14-26)33(42)30(36)31-34(43)40(28(24-41)23-25-11-5-3-6-12-25)32-35(44)39(22-10-20-37(31,32)46-36)27-15-17-29(45-2)18-16-27/h3-20,28,30-32,41H,21-24H2,1-2H3/t28-,30-,31+,32?,36+,37+/m1/s1. The Bertz CT molecular complexity index is 1690. The summed E-state index contributed by atoms with van der Waals surface area (Å²) in [6.07, 6.45) is 7.78. The lowest BCUT2D eigenvalue weighted by atomic mass is 9.74. The van der Waals surface area contributed by atoms with E-state index in [4.69, 9.17) is 9.47 Å². The van der Waals surface area contributed by atoms with Gasteiger partial charge in [-0.05, 0) is 55.3 Å². The van der Waals surface area contributed by atoms with Gasteiger partial charge in [-0.15, -0.1) is 0 Å². The number of nitrogens with zero attached hydrogens (tertiary/aromatic N) is 3. The summed E-state index contributed by atoms with van der Waals surface area (Å²) in [6.45, 7) is 2.03. The number of anilines is 2. The molecular weight excluding hydrogens is 582 g/mol. The Labute approximate surface area is 268 Å². The molecule has 6 atom stereocenters. The normalized spacial score (nSPS) is 29.2. The summed E-state index contributed by atoms with van der Waals surface area (Å²) in [5.74, 6) is -2.21. The van der Waals surface area contributed by atoms with Crippen LogP contribution in [0.3, 0.4) is 0 Å². The molecule has 0 aromatic heterocycles. The van der Waals surface area contributed by atoms with Gasteiger partial charge >= 0.3 is 0 Å². The summed E-state index contributed by atoms with van der Waals surface area (Å²) < 4.78 is 12.3. The van der Waals surface area contributed by atoms with Gasteiger partial charge in [0.05, 0.1) is 37.2 Å². The van der Waals surface area contributed by atoms with Crippen LogP contribution >= 0.6 is 0 Å². The molecule has 3 aromatic rings. The molecule has 236 valence electrons. The molecule has 1 unspecified atom stereocenters. The van der Waals surface area contributed by atoms with Crippen LogP contribution in [0, 0.1) is 11.8 Å². The molecule has 0 saturated carbocycles. The Morgan fingerprint density at radius 1 is 0.804 bits per heavy atom. The van der Waals surface area contributed by atoms with Crippen molar-refractivity contribution in [2.24, 2.45) is 11.8 Å². The molecule has 4 heterocycles. The van der Waals surface area contributed by atoms with Gasteiger partial charge in [0.25, 0.3) is 5.91 Å². The smallest absolute Gasteiger partial charge is 0.253 e. The maximum absolute atomic E-state index is 14.9. The van der Waals surface area contributed by atoms with Gasteiger partial charge in [0, 0.05) is 24.5 Å². The second kappa shape index (κ2) is 11.6. The molecule has 9 nitrogen and oxygen atoms in total. The SMILES string of the molecule is COc1ccc(N2CC=C[C@]34O[C@@]5(C)C=CCN(c6ccccc6)C(=O)[C@H]5[C@H]3C(=O)N([C@@H](CO)Cc3ccccc3)C4C2=O)cc1. The van der Waals surface area contributed by atoms with Crippen LogP contribution in [0.25, 0.3) is 0 Å². The van der Waals surface area contributed by atoms with Crippen molar-refractivity contribution in [1.29, 1.82) is 0 Å². The van der Waals surface area contributed by atoms with Gasteiger partial charge in [-0.25, -0.2) is 0 Å². The quantitative estimate of drug-likeness (QED) is 0.405. The summed E-state index contributed by atoms with van der Waals surface area (Å²) in [4.78, 5) is 49.2. The number of benzene rings is 3. The summed E-state index contributed by atoms with van der Waals surface area (Å²) in [7, 11) is 1.58. The maximum atomic E-state index is 14.9. The van der Waals surface area contributed by atoms with Crippen LogP contribution in [0.15, 0.2) is 109 Å². The summed E-state index contributed by atoms with van der Waals surface area (Å²) in [6, 6.07) is 24.3. The van der Waals surface area contributed by atoms with E-state index in [1.54, 1.807) is 41.2 Å². The number of para-hydroxylation sites is 1. The van der Waals surface area contributed by atoms with E-state index in [0.717, 1.165) is 11.3 Å². The van der Waals surface area contributed by atoms with E-state index in [-0.39, 0.29) is 30.9 Å². The fourth-order valence-electron chi connectivity index (χ4n) is 7.83. The Kier molecular flexibility index (Phi) is 7.53. The molecule has 0 radical (unpaired) electrons. The van der Waals surface area contributed by atoms with Crippen molar-refractivity contribution in [2.45, 2.75) is 36.6 Å². The van der Waals surface area contributed by atoms with Gasteiger partial charge in [0.1, 0.15) is 17.4 Å². The van der Waals surface area contributed by atoms with Gasteiger partial charge in [-0.1, -0.05) is 72.8 Å². The van der Waals surface area contributed by atoms with Crippen LogP contribution in [-0.4, -0.2) is 77.8 Å². The third-order valence-corrected chi connectivity index (χ3v) is 9.87. The maximum Gasteiger partial charge on any atom is 0.253 e. The molecule has 4 aliphatic rings. The Hall–Kier alpha value is -4.73. The molecule has 1 N–H and O–H groups in total. The molecule has 2 saturated heterocycles. The minimum Gasteiger partial charge on any atom is -0.497 e. The minimum atomic E-state index is -1.45. The highest BCUT2D eigenvalue weighted by atomic mass is 16.5. The molecule has 2 fully saturated rings. The average molecular weight is 620 g/mol. The highest BCUT2D eigenvalue weighted by Crippen LogP contribution is 2.58. The minimum absolute atomic E-state index is 0.241. The molecule has 0 aliphatic carbocycles. The van der Waals surface area contributed by atoms with Crippen LogP contribution in [0.1, 0.15) is 12.5 Å². The van der Waals surface area contributed by atoms with Crippen molar-refractivity contribution in [1.82, 2.24) is 4.90 Å². The molecule has 3 aromatic carbocycles. The number of likely N-dealkylation sites (tertiary alicyclic amines) is 1. The van der Waals surface area contributed by atoms with Crippen molar-refractivity contribution in [2.75, 3.05) is 36.6 Å². The first-order valence-electron chi connectivity index (χ1n) is 15.7. The fourth-order valence-corrected chi connectivity index (χ4v) is 7.83. The van der Waals surface area contributed by atoms with E-state index in [1.807, 2.05) is 91.9 Å². The van der Waals surface area contributed by atoms with Crippen molar-refractivity contribution >= 4 is 29.1 Å². The number of rotatable bonds is 7. The highest BCUT2D eigenvalue weighted by molar-refractivity contribution is 6.07. The van der Waals surface area contributed by atoms with Crippen LogP contribution in [0.5, 0.6) is 5.75 Å². The monoisotopic (exact) mass is 619 g/mol. The van der Waals surface area contributed by atoms with Crippen LogP contribution in [0.4, 0.5) is 11.4 Å². The highest BCUT2D eigenvalue weighted by Gasteiger charge is 2.75. The number of methoxy groups -OCH3 is 1. The third kappa shape index (κ3) is 4.65. The number of hydrogen-bond donors (Lipinski definition) is 1. The van der Waals surface area contributed by atoms with Crippen LogP contribution in [-0.2, 0) is 25.5 Å². The largest absolute Gasteiger partial charge is 0.497 e. The van der Waals surface area contributed by atoms with Crippen LogP contribution < -0.4 is 14.5 Å². The second-order valence-electron chi connectivity index (χ2n) is 12.5. The van der Waals surface area contributed by atoms with E-state index in [0.29, 0.717) is 24.4 Å². The molecule has 46 heavy (non-hydrogen) atoms. The third-order valence-electron chi connectivity index (χ3n) is 9.87. The van der Waals surface area contributed by atoms with Crippen molar-refractivity contribution in [3.05, 3.63) is 115 Å². The number of carbonyl (C=O) groups is 3. The summed E-state index contributed by atoms with van der Waals surface area (Å²) in [5, 5.41) is 10.8. The lowest BCUT2D eigenvalue weighted by molar-refractivity contribution is -0.147. The molecule has 4 aliphatic heterocycles. The molecule has 3 amide bonds. The van der Waals surface area contributed by atoms with Gasteiger partial charge in [-0.2, -0.15) is 0 Å². The Morgan fingerprint density at radius 3 is 2.07 bits per heavy atom. The number of amides is 3. The van der Waals surface area contributed by atoms with Crippen molar-refractivity contribution in [3.8, 4) is 5.75 Å². The molecule has 9 heteroatoms. The Balaban J connectivity index is 1.36. The lowest BCUT2D eigenvalue weighted by Crippen LogP contribution is -2.59. The molecule has 7 rings (SSSR count). The summed E-state index contributed by atoms with van der Waals surface area (Å²) in [5.41, 5.74) is -0.329. The topological polar surface area (TPSA) is 99.6 Å². The number of carbonyl (C=O) groups excluding carboxylic acids is 3. The van der Waals surface area contributed by atoms with Gasteiger partial charge < -0.3 is 29.3 Å². The van der Waals surface area contributed by atoms with E-state index in [2.05, 4.69) is 0 Å². The first kappa shape index (κ1) is 30.0. The first-order chi connectivity index (χ1) is 22.3. The van der Waals surface area contributed by atoms with Gasteiger partial charge in [-0.3, -0.25) is 14.4 Å². The number of hydrogen-bond acceptors (Lipinski definition) is 6. The van der Waals surface area contributed by atoms with Gasteiger partial charge in [0.2, 0.25) is 11.8 Å². The van der Waals surface area contributed by atoms with Crippen molar-refractivity contribution in [3.63, 3.8) is 0 Å². The molecule has 1 spiro atoms. The molecular formula is C37H37N3O6. The number of fused-ring (bicyclic) bond motifs is 2. The zero-order chi connectivity index (χ0) is 32.1. The predicted octanol–water partition coefficient (Wildman–Crippen LogP) is 3.78. The van der Waals surface area contributed by atoms with E-state index >= 15 is 0 Å². The number of aliphatic hydroxyl groups is 1. The van der Waals surface area contributed by atoms with E-state index in [1.165, 1.54) is 4.90 Å². The predicted molar refractivity (Wildman–Crippen MR) is 173 cm³/mol. The summed E-state index contributed by atoms with van der Waals surface area (Å²) >= 11 is 0. The number of aliphatic hydroxyl groups excluding tert-OH is 1. The molecule has 0 bridgehead atoms. The zero-order valence-electron chi connectivity index (χ0n) is 25.9. The van der Waals surface area contributed by atoms with Gasteiger partial charge in [0.15, 0.2) is 0 Å². The average Bonchev–Trinajstić information content (AvgIpc) is 3.35. The lowest BCUT2D eigenvalue weighted by Gasteiger charge is -2.40.